The van der Waals surface area contributed by atoms with Crippen molar-refractivity contribution in [1.82, 2.24) is 14.6 Å². The fourth-order valence-electron chi connectivity index (χ4n) is 1.15. The summed E-state index contributed by atoms with van der Waals surface area (Å²) in [5.41, 5.74) is 0.908. The summed E-state index contributed by atoms with van der Waals surface area (Å²) in [6.45, 7) is 2.18. The second-order valence-corrected chi connectivity index (χ2v) is 3.51. The van der Waals surface area contributed by atoms with Crippen LogP contribution in [0.1, 0.15) is 18.2 Å². The topological polar surface area (TPSA) is 58.5 Å². The molecule has 0 saturated carbocycles. The maximum Gasteiger partial charge on any atom is 0.239 e. The monoisotopic (exact) mass is 196 g/mol. The number of hydrogen-bond donors (Lipinski definition) is 0. The summed E-state index contributed by atoms with van der Waals surface area (Å²) in [4.78, 5) is 11.9. The van der Waals surface area contributed by atoms with E-state index in [0.717, 1.165) is 17.0 Å². The van der Waals surface area contributed by atoms with Gasteiger partial charge in [-0.05, 0) is 11.5 Å². The molecule has 1 aliphatic rings. The summed E-state index contributed by atoms with van der Waals surface area (Å²) < 4.78 is 3.74. The second-order valence-electron chi connectivity index (χ2n) is 2.72. The minimum absolute atomic E-state index is 0.0209. The Hall–Kier alpha value is -1.30. The molecule has 0 atom stereocenters. The molecule has 0 radical (unpaired) electrons. The van der Waals surface area contributed by atoms with Gasteiger partial charge in [-0.15, -0.1) is 5.10 Å². The van der Waals surface area contributed by atoms with Gasteiger partial charge in [-0.25, -0.2) is 5.01 Å². The van der Waals surface area contributed by atoms with Crippen LogP contribution in [0.2, 0.25) is 0 Å². The van der Waals surface area contributed by atoms with Crippen LogP contribution in [0.25, 0.3) is 0 Å². The van der Waals surface area contributed by atoms with E-state index in [-0.39, 0.29) is 5.91 Å². The van der Waals surface area contributed by atoms with Gasteiger partial charge in [-0.2, -0.15) is 5.10 Å². The van der Waals surface area contributed by atoms with E-state index in [0.29, 0.717) is 6.54 Å². The molecule has 0 spiro atoms. The maximum atomic E-state index is 11.0. The SMILES string of the molecule is CC(=O)N1CCC(c2cnns2)=N1. The number of rotatable bonds is 1. The van der Waals surface area contributed by atoms with Crippen LogP contribution >= 0.6 is 11.5 Å². The van der Waals surface area contributed by atoms with Crippen molar-refractivity contribution in [3.8, 4) is 0 Å². The van der Waals surface area contributed by atoms with Crippen molar-refractivity contribution in [2.24, 2.45) is 5.10 Å². The Labute approximate surface area is 79.2 Å². The number of nitrogens with zero attached hydrogens (tertiary/aromatic N) is 4. The lowest BCUT2D eigenvalue weighted by Gasteiger charge is -2.05. The van der Waals surface area contributed by atoms with Crippen LogP contribution in [0.3, 0.4) is 0 Å². The van der Waals surface area contributed by atoms with Crippen molar-refractivity contribution in [2.75, 3.05) is 6.54 Å². The molecule has 0 fully saturated rings. The molecule has 1 aromatic rings. The summed E-state index contributed by atoms with van der Waals surface area (Å²) in [7, 11) is 0. The standard InChI is InChI=1S/C7H8N4OS/c1-5(12)11-3-2-6(9-11)7-4-8-10-13-7/h4H,2-3H2,1H3. The Morgan fingerprint density at radius 3 is 3.08 bits per heavy atom. The van der Waals surface area contributed by atoms with Crippen molar-refractivity contribution in [2.45, 2.75) is 13.3 Å². The van der Waals surface area contributed by atoms with Crippen molar-refractivity contribution in [3.05, 3.63) is 11.1 Å². The summed E-state index contributed by atoms with van der Waals surface area (Å²) >= 11 is 1.30. The van der Waals surface area contributed by atoms with E-state index in [1.165, 1.54) is 23.5 Å². The Kier molecular flexibility index (Phi) is 2.05. The highest BCUT2D eigenvalue weighted by atomic mass is 32.1. The number of carbonyl (C=O) groups is 1. The van der Waals surface area contributed by atoms with Crippen molar-refractivity contribution < 1.29 is 4.79 Å². The molecule has 0 aliphatic carbocycles. The van der Waals surface area contributed by atoms with Gasteiger partial charge in [-0.3, -0.25) is 4.79 Å². The van der Waals surface area contributed by atoms with Crippen molar-refractivity contribution >= 4 is 23.2 Å². The first-order valence-electron chi connectivity index (χ1n) is 3.90. The van der Waals surface area contributed by atoms with E-state index < -0.39 is 0 Å². The molecule has 0 aromatic carbocycles. The van der Waals surface area contributed by atoms with Gasteiger partial charge >= 0.3 is 0 Å². The van der Waals surface area contributed by atoms with Crippen LogP contribution in [0.5, 0.6) is 0 Å². The molecule has 0 saturated heterocycles. The molecule has 13 heavy (non-hydrogen) atoms. The molecule has 5 nitrogen and oxygen atoms in total. The minimum atomic E-state index is -0.0209. The van der Waals surface area contributed by atoms with Gasteiger partial charge in [0.25, 0.3) is 0 Å². The first kappa shape index (κ1) is 8.31. The lowest BCUT2D eigenvalue weighted by molar-refractivity contribution is -0.128. The van der Waals surface area contributed by atoms with E-state index in [4.69, 9.17) is 0 Å². The Balaban J connectivity index is 2.20. The molecule has 6 heteroatoms. The van der Waals surface area contributed by atoms with Gasteiger partial charge in [0.15, 0.2) is 0 Å². The van der Waals surface area contributed by atoms with Gasteiger partial charge in [0.05, 0.1) is 23.3 Å². The van der Waals surface area contributed by atoms with Gasteiger partial charge in [0, 0.05) is 13.3 Å². The third-order valence-corrected chi connectivity index (χ3v) is 2.52. The predicted molar refractivity (Wildman–Crippen MR) is 48.5 cm³/mol. The van der Waals surface area contributed by atoms with Crippen molar-refractivity contribution in [3.63, 3.8) is 0 Å². The van der Waals surface area contributed by atoms with E-state index >= 15 is 0 Å². The summed E-state index contributed by atoms with van der Waals surface area (Å²) in [6.07, 6.45) is 2.47. The van der Waals surface area contributed by atoms with Gasteiger partial charge in [0.2, 0.25) is 5.91 Å². The summed E-state index contributed by atoms with van der Waals surface area (Å²) in [5, 5.41) is 9.35. The summed E-state index contributed by atoms with van der Waals surface area (Å²) in [5.74, 6) is -0.0209. The normalized spacial score (nSPS) is 16.1. The van der Waals surface area contributed by atoms with Crippen LogP contribution < -0.4 is 0 Å². The fraction of sp³-hybridized carbons (Fsp3) is 0.429. The number of amides is 1. The third-order valence-electron chi connectivity index (χ3n) is 1.81. The highest BCUT2D eigenvalue weighted by molar-refractivity contribution is 7.07. The van der Waals surface area contributed by atoms with Gasteiger partial charge < -0.3 is 0 Å². The molecule has 0 bridgehead atoms. The molecule has 1 aliphatic heterocycles. The largest absolute Gasteiger partial charge is 0.273 e. The quantitative estimate of drug-likeness (QED) is 0.657. The average Bonchev–Trinajstić information content (AvgIpc) is 2.75. The van der Waals surface area contributed by atoms with Crippen LogP contribution in [0.4, 0.5) is 0 Å². The Morgan fingerprint density at radius 2 is 2.54 bits per heavy atom. The zero-order valence-electron chi connectivity index (χ0n) is 7.10. The minimum Gasteiger partial charge on any atom is -0.273 e. The lowest BCUT2D eigenvalue weighted by atomic mass is 10.2. The zero-order chi connectivity index (χ0) is 9.26. The third kappa shape index (κ3) is 1.57. The van der Waals surface area contributed by atoms with Gasteiger partial charge in [0.1, 0.15) is 0 Å². The summed E-state index contributed by atoms with van der Waals surface area (Å²) in [6, 6.07) is 0. The highest BCUT2D eigenvalue weighted by Gasteiger charge is 2.19. The van der Waals surface area contributed by atoms with Crippen LogP contribution in [0, 0.1) is 0 Å². The van der Waals surface area contributed by atoms with Gasteiger partial charge in [-0.1, -0.05) is 4.49 Å². The Bertz CT molecular complexity index is 345. The van der Waals surface area contributed by atoms with E-state index in [1.54, 1.807) is 6.20 Å². The van der Waals surface area contributed by atoms with Crippen molar-refractivity contribution in [1.29, 1.82) is 0 Å². The molecule has 0 unspecified atom stereocenters. The first-order valence-corrected chi connectivity index (χ1v) is 4.68. The molecule has 2 heterocycles. The molecule has 1 amide bonds. The number of aromatic nitrogens is 2. The second kappa shape index (κ2) is 3.21. The fourth-order valence-corrected chi connectivity index (χ4v) is 1.68. The first-order chi connectivity index (χ1) is 6.27. The van der Waals surface area contributed by atoms with Crippen LogP contribution in [0.15, 0.2) is 11.3 Å². The lowest BCUT2D eigenvalue weighted by Crippen LogP contribution is -2.19. The molecule has 0 N–H and O–H groups in total. The average molecular weight is 196 g/mol. The van der Waals surface area contributed by atoms with Crippen LogP contribution in [-0.4, -0.2) is 32.8 Å². The number of hydrazone groups is 1. The van der Waals surface area contributed by atoms with Crippen LogP contribution in [-0.2, 0) is 4.79 Å². The number of hydrogen-bond acceptors (Lipinski definition) is 5. The molecular formula is C7H8N4OS. The van der Waals surface area contributed by atoms with E-state index in [1.807, 2.05) is 0 Å². The molecule has 1 aromatic heterocycles. The zero-order valence-corrected chi connectivity index (χ0v) is 7.91. The Morgan fingerprint density at radius 1 is 1.69 bits per heavy atom. The highest BCUT2D eigenvalue weighted by Crippen LogP contribution is 2.14. The van der Waals surface area contributed by atoms with E-state index in [9.17, 15) is 4.79 Å². The predicted octanol–water partition coefficient (Wildman–Crippen LogP) is 0.494. The maximum absolute atomic E-state index is 11.0. The molecular weight excluding hydrogens is 188 g/mol. The van der Waals surface area contributed by atoms with E-state index in [2.05, 4.69) is 14.7 Å². The molecule has 2 rings (SSSR count). The number of carbonyl (C=O) groups excluding carboxylic acids is 1. The smallest absolute Gasteiger partial charge is 0.239 e. The molecule has 68 valence electrons.